The maximum atomic E-state index is 7.12. The van der Waals surface area contributed by atoms with Crippen molar-refractivity contribution < 1.29 is 9.47 Å². The summed E-state index contributed by atoms with van der Waals surface area (Å²) in [5, 5.41) is 7.12. The SMILES string of the molecule is N=C(N)OCc1cc(I)ccc1Oc1ccc(Br)cc1. The molecule has 0 atom stereocenters. The fourth-order valence-corrected chi connectivity index (χ4v) is 2.37. The van der Waals surface area contributed by atoms with Crippen LogP contribution in [0.1, 0.15) is 5.56 Å². The summed E-state index contributed by atoms with van der Waals surface area (Å²) in [6.45, 7) is 0.206. The Balaban J connectivity index is 2.21. The molecule has 0 unspecified atom stereocenters. The molecule has 20 heavy (non-hydrogen) atoms. The van der Waals surface area contributed by atoms with Gasteiger partial charge in [-0.3, -0.25) is 5.41 Å². The fraction of sp³-hybridized carbons (Fsp3) is 0.0714. The van der Waals surface area contributed by atoms with Crippen molar-refractivity contribution in [2.45, 2.75) is 6.61 Å². The van der Waals surface area contributed by atoms with Crippen molar-refractivity contribution in [1.29, 1.82) is 5.41 Å². The molecule has 2 rings (SSSR count). The van der Waals surface area contributed by atoms with Crippen molar-refractivity contribution in [3.8, 4) is 11.5 Å². The van der Waals surface area contributed by atoms with E-state index in [2.05, 4.69) is 38.5 Å². The van der Waals surface area contributed by atoms with E-state index in [0.29, 0.717) is 5.75 Å². The summed E-state index contributed by atoms with van der Waals surface area (Å²) in [7, 11) is 0. The van der Waals surface area contributed by atoms with Gasteiger partial charge in [-0.15, -0.1) is 0 Å². The van der Waals surface area contributed by atoms with E-state index in [4.69, 9.17) is 20.6 Å². The van der Waals surface area contributed by atoms with Crippen molar-refractivity contribution in [2.24, 2.45) is 5.73 Å². The molecule has 0 aliphatic rings. The maximum Gasteiger partial charge on any atom is 0.279 e. The van der Waals surface area contributed by atoms with E-state index in [1.165, 1.54) is 0 Å². The van der Waals surface area contributed by atoms with E-state index in [0.717, 1.165) is 19.4 Å². The van der Waals surface area contributed by atoms with Gasteiger partial charge < -0.3 is 15.2 Å². The molecular weight excluding hydrogens is 435 g/mol. The predicted octanol–water partition coefficient (Wildman–Crippen LogP) is 4.26. The quantitative estimate of drug-likeness (QED) is 0.419. The normalized spacial score (nSPS) is 10.1. The lowest BCUT2D eigenvalue weighted by Crippen LogP contribution is -2.14. The Bertz CT molecular complexity index is 617. The summed E-state index contributed by atoms with van der Waals surface area (Å²) in [6, 6.07) is 13.0. The molecule has 0 aromatic heterocycles. The molecule has 0 spiro atoms. The van der Waals surface area contributed by atoms with E-state index >= 15 is 0 Å². The van der Waals surface area contributed by atoms with Gasteiger partial charge in [-0.05, 0) is 65.1 Å². The lowest BCUT2D eigenvalue weighted by Gasteiger charge is -2.12. The number of nitrogens with two attached hydrogens (primary N) is 1. The second-order valence-electron chi connectivity index (χ2n) is 3.96. The molecule has 0 aliphatic heterocycles. The third kappa shape index (κ3) is 4.38. The Morgan fingerprint density at radius 3 is 2.55 bits per heavy atom. The number of rotatable bonds is 4. The minimum Gasteiger partial charge on any atom is -0.461 e. The van der Waals surface area contributed by atoms with Crippen molar-refractivity contribution >= 4 is 44.5 Å². The number of hydrogen-bond donors (Lipinski definition) is 2. The first kappa shape index (κ1) is 15.1. The zero-order valence-corrected chi connectivity index (χ0v) is 14.1. The molecule has 0 saturated heterocycles. The Kier molecular flexibility index (Phi) is 5.24. The monoisotopic (exact) mass is 446 g/mol. The van der Waals surface area contributed by atoms with E-state index < -0.39 is 0 Å². The fourth-order valence-electron chi connectivity index (χ4n) is 1.55. The number of hydrogen-bond acceptors (Lipinski definition) is 3. The van der Waals surface area contributed by atoms with Crippen molar-refractivity contribution in [3.05, 3.63) is 56.1 Å². The summed E-state index contributed by atoms with van der Waals surface area (Å²) in [6.07, 6.45) is 0. The van der Waals surface area contributed by atoms with Gasteiger partial charge >= 0.3 is 0 Å². The first-order valence-corrected chi connectivity index (χ1v) is 7.60. The van der Waals surface area contributed by atoms with E-state index in [9.17, 15) is 0 Å². The van der Waals surface area contributed by atoms with Crippen LogP contribution in [0.2, 0.25) is 0 Å². The van der Waals surface area contributed by atoms with Crippen LogP contribution in [-0.4, -0.2) is 6.02 Å². The van der Waals surface area contributed by atoms with Crippen LogP contribution < -0.4 is 10.5 Å². The molecule has 0 bridgehead atoms. The van der Waals surface area contributed by atoms with Crippen molar-refractivity contribution in [3.63, 3.8) is 0 Å². The first-order chi connectivity index (χ1) is 9.54. The van der Waals surface area contributed by atoms with Crippen LogP contribution in [0, 0.1) is 8.98 Å². The van der Waals surface area contributed by atoms with Crippen LogP contribution in [0.4, 0.5) is 0 Å². The van der Waals surface area contributed by atoms with E-state index in [1.54, 1.807) is 0 Å². The van der Waals surface area contributed by atoms with Gasteiger partial charge in [0.1, 0.15) is 18.1 Å². The number of amidine groups is 1. The van der Waals surface area contributed by atoms with Gasteiger partial charge in [0.2, 0.25) is 0 Å². The van der Waals surface area contributed by atoms with Gasteiger partial charge in [-0.25, -0.2) is 0 Å². The zero-order valence-electron chi connectivity index (χ0n) is 10.4. The molecule has 6 heteroatoms. The van der Waals surface area contributed by atoms with Crippen molar-refractivity contribution in [1.82, 2.24) is 0 Å². The minimum absolute atomic E-state index is 0.206. The number of nitrogens with one attached hydrogen (secondary N) is 1. The van der Waals surface area contributed by atoms with Crippen LogP contribution in [0.25, 0.3) is 0 Å². The molecular formula is C14H12BrIN2O2. The molecule has 0 heterocycles. The molecule has 3 N–H and O–H groups in total. The molecule has 4 nitrogen and oxygen atoms in total. The highest BCUT2D eigenvalue weighted by molar-refractivity contribution is 14.1. The second kappa shape index (κ2) is 6.94. The number of benzene rings is 2. The Hall–Kier alpha value is -1.28. The number of ether oxygens (including phenoxy) is 2. The molecule has 2 aromatic carbocycles. The van der Waals surface area contributed by atoms with Gasteiger partial charge in [0.05, 0.1) is 0 Å². The highest BCUT2D eigenvalue weighted by Gasteiger charge is 2.07. The average Bonchev–Trinajstić information content (AvgIpc) is 2.41. The molecule has 104 valence electrons. The van der Waals surface area contributed by atoms with Gasteiger partial charge in [-0.2, -0.15) is 0 Å². The van der Waals surface area contributed by atoms with Crippen LogP contribution in [0.3, 0.4) is 0 Å². The van der Waals surface area contributed by atoms with Crippen molar-refractivity contribution in [2.75, 3.05) is 0 Å². The highest BCUT2D eigenvalue weighted by Crippen LogP contribution is 2.28. The average molecular weight is 447 g/mol. The maximum absolute atomic E-state index is 7.12. The summed E-state index contributed by atoms with van der Waals surface area (Å²) in [5.74, 6) is 1.42. The topological polar surface area (TPSA) is 68.3 Å². The molecule has 0 aliphatic carbocycles. The highest BCUT2D eigenvalue weighted by atomic mass is 127. The first-order valence-electron chi connectivity index (χ1n) is 5.73. The lowest BCUT2D eigenvalue weighted by atomic mass is 10.2. The summed E-state index contributed by atoms with van der Waals surface area (Å²) < 4.78 is 12.9. The molecule has 0 amide bonds. The standard InChI is InChI=1S/C14H12BrIN2O2/c15-10-1-4-12(5-2-10)20-13-6-3-11(16)7-9(13)8-19-14(17)18/h1-7H,8H2,(H3,17,18). The Morgan fingerprint density at radius 1 is 1.20 bits per heavy atom. The molecule has 2 aromatic rings. The van der Waals surface area contributed by atoms with E-state index in [1.807, 2.05) is 42.5 Å². The lowest BCUT2D eigenvalue weighted by molar-refractivity contribution is 0.279. The third-order valence-electron chi connectivity index (χ3n) is 2.45. The van der Waals surface area contributed by atoms with Crippen LogP contribution in [0.5, 0.6) is 11.5 Å². The summed E-state index contributed by atoms with van der Waals surface area (Å²) in [4.78, 5) is 0. The predicted molar refractivity (Wildman–Crippen MR) is 90.1 cm³/mol. The molecule has 0 fully saturated rings. The minimum atomic E-state index is -0.307. The summed E-state index contributed by atoms with van der Waals surface area (Å²) in [5.41, 5.74) is 6.05. The van der Waals surface area contributed by atoms with Gasteiger partial charge in [0.25, 0.3) is 6.02 Å². The van der Waals surface area contributed by atoms with Crippen LogP contribution in [-0.2, 0) is 11.3 Å². The Morgan fingerprint density at radius 2 is 1.90 bits per heavy atom. The smallest absolute Gasteiger partial charge is 0.279 e. The summed E-state index contributed by atoms with van der Waals surface area (Å²) >= 11 is 5.59. The largest absolute Gasteiger partial charge is 0.461 e. The van der Waals surface area contributed by atoms with Crippen LogP contribution in [0.15, 0.2) is 46.9 Å². The molecule has 0 radical (unpaired) electrons. The zero-order chi connectivity index (χ0) is 14.5. The van der Waals surface area contributed by atoms with Gasteiger partial charge in [-0.1, -0.05) is 15.9 Å². The molecule has 0 saturated carbocycles. The third-order valence-corrected chi connectivity index (χ3v) is 3.65. The van der Waals surface area contributed by atoms with E-state index in [-0.39, 0.29) is 12.6 Å². The Labute approximate surface area is 139 Å². The second-order valence-corrected chi connectivity index (χ2v) is 6.12. The number of halogens is 2. The van der Waals surface area contributed by atoms with Crippen LogP contribution >= 0.6 is 38.5 Å². The van der Waals surface area contributed by atoms with Gasteiger partial charge in [0.15, 0.2) is 0 Å². The van der Waals surface area contributed by atoms with Gasteiger partial charge in [0, 0.05) is 13.6 Å².